The molecule has 2 aromatic carbocycles. The molecule has 2 fully saturated rings. The molecular weight excluding hydrogens is 485 g/mol. The fraction of sp³-hybridized carbons (Fsp3) is 0.429. The number of aromatic nitrogens is 5. The first kappa shape index (κ1) is 24.7. The highest BCUT2D eigenvalue weighted by Gasteiger charge is 2.34. The Hall–Kier alpha value is -3.63. The second-order valence-electron chi connectivity index (χ2n) is 10.3. The second kappa shape index (κ2) is 10.3. The van der Waals surface area contributed by atoms with Crippen molar-refractivity contribution >= 4 is 16.6 Å². The molecule has 0 spiro atoms. The maximum atomic E-state index is 14.5. The van der Waals surface area contributed by atoms with E-state index < -0.39 is 6.04 Å². The van der Waals surface area contributed by atoms with Crippen LogP contribution in [-0.2, 0) is 11.3 Å². The molecule has 38 heavy (non-hydrogen) atoms. The van der Waals surface area contributed by atoms with Gasteiger partial charge in [-0.25, -0.2) is 9.07 Å². The van der Waals surface area contributed by atoms with E-state index in [-0.39, 0.29) is 17.5 Å². The fourth-order valence-electron chi connectivity index (χ4n) is 5.74. The molecule has 2 aliphatic rings. The number of para-hydroxylation sites is 1. The van der Waals surface area contributed by atoms with Crippen LogP contribution in [0.15, 0.2) is 47.3 Å². The smallest absolute Gasteiger partial charge is 0.253 e. The average molecular weight is 518 g/mol. The lowest BCUT2D eigenvalue weighted by Crippen LogP contribution is -2.49. The summed E-state index contributed by atoms with van der Waals surface area (Å²) < 4.78 is 22.1. The van der Waals surface area contributed by atoms with Crippen molar-refractivity contribution in [1.82, 2.24) is 30.1 Å². The average Bonchev–Trinajstić information content (AvgIpc) is 3.61. The minimum Gasteiger partial charge on any atom is -0.376 e. The summed E-state index contributed by atoms with van der Waals surface area (Å²) in [6, 6.07) is 12.5. The number of benzene rings is 2. The van der Waals surface area contributed by atoms with Gasteiger partial charge in [0, 0.05) is 43.7 Å². The molecule has 0 radical (unpaired) electrons. The summed E-state index contributed by atoms with van der Waals surface area (Å²) in [4.78, 5) is 21.0. The van der Waals surface area contributed by atoms with Crippen LogP contribution < -0.4 is 10.5 Å². The third kappa shape index (κ3) is 4.58. The van der Waals surface area contributed by atoms with Gasteiger partial charge in [-0.05, 0) is 66.4 Å². The topological polar surface area (TPSA) is 92.2 Å². The molecule has 2 aliphatic heterocycles. The molecule has 2 atom stereocenters. The summed E-state index contributed by atoms with van der Waals surface area (Å²) in [5.41, 5.74) is 4.01. The number of pyridine rings is 1. The summed E-state index contributed by atoms with van der Waals surface area (Å²) in [5, 5.41) is 13.8. The fourth-order valence-corrected chi connectivity index (χ4v) is 5.74. The zero-order chi connectivity index (χ0) is 26.2. The molecule has 0 saturated carbocycles. The molecule has 0 unspecified atom stereocenters. The standard InChI is InChI=1S/C28H32FN7O2/c1-18-9-10-19(2)25-21(18)16-22(28(37)30-25)26(27-31-32-33-36(27)17-20-6-5-15-38-20)35-13-11-34(12-14-35)24-8-4-3-7-23(24)29/h3-4,7-10,16,20,26H,5-6,11-15,17H2,1-2H3,(H,30,37)/t20-,26-/m1/s1. The first-order valence-corrected chi connectivity index (χ1v) is 13.2. The Morgan fingerprint density at radius 2 is 1.89 bits per heavy atom. The van der Waals surface area contributed by atoms with Crippen LogP contribution in [0.4, 0.5) is 10.1 Å². The minimum absolute atomic E-state index is 0.0515. The SMILES string of the molecule is Cc1ccc(C)c2[nH]c(=O)c([C@H](c3nnnn3C[C@H]3CCCO3)N3CCN(c4ccccc4F)CC3)cc12. The first-order chi connectivity index (χ1) is 18.5. The summed E-state index contributed by atoms with van der Waals surface area (Å²) in [5.74, 6) is 0.393. The predicted molar refractivity (Wildman–Crippen MR) is 143 cm³/mol. The molecule has 0 bridgehead atoms. The van der Waals surface area contributed by atoms with E-state index in [4.69, 9.17) is 4.74 Å². The number of halogens is 1. The highest BCUT2D eigenvalue weighted by atomic mass is 19.1. The van der Waals surface area contributed by atoms with E-state index in [0.717, 1.165) is 41.5 Å². The van der Waals surface area contributed by atoms with Gasteiger partial charge in [0.25, 0.3) is 5.56 Å². The number of ether oxygens (including phenoxy) is 1. The molecule has 1 N–H and O–H groups in total. The molecule has 0 amide bonds. The Balaban J connectivity index is 1.39. The molecule has 9 nitrogen and oxygen atoms in total. The lowest BCUT2D eigenvalue weighted by atomic mass is 9.99. The number of hydrogen-bond acceptors (Lipinski definition) is 7. The number of nitrogens with zero attached hydrogens (tertiary/aromatic N) is 6. The van der Waals surface area contributed by atoms with Crippen molar-refractivity contribution in [2.24, 2.45) is 0 Å². The lowest BCUT2D eigenvalue weighted by molar-refractivity contribution is 0.0906. The number of rotatable bonds is 6. The zero-order valence-corrected chi connectivity index (χ0v) is 21.7. The number of fused-ring (bicyclic) bond motifs is 1. The number of aryl methyl sites for hydroxylation is 2. The van der Waals surface area contributed by atoms with Gasteiger partial charge in [0.2, 0.25) is 0 Å². The number of piperazine rings is 1. The highest BCUT2D eigenvalue weighted by Crippen LogP contribution is 2.31. The van der Waals surface area contributed by atoms with E-state index in [1.807, 2.05) is 38.1 Å². The number of nitrogens with one attached hydrogen (secondary N) is 1. The van der Waals surface area contributed by atoms with Gasteiger partial charge < -0.3 is 14.6 Å². The van der Waals surface area contributed by atoms with Crippen molar-refractivity contribution in [3.63, 3.8) is 0 Å². The maximum Gasteiger partial charge on any atom is 0.253 e. The normalized spacial score (nSPS) is 19.3. The van der Waals surface area contributed by atoms with Gasteiger partial charge in [-0.3, -0.25) is 9.69 Å². The molecule has 2 saturated heterocycles. The molecule has 0 aliphatic carbocycles. The maximum absolute atomic E-state index is 14.5. The first-order valence-electron chi connectivity index (χ1n) is 13.2. The van der Waals surface area contributed by atoms with Crippen molar-refractivity contribution in [1.29, 1.82) is 0 Å². The molecule has 4 heterocycles. The van der Waals surface area contributed by atoms with Crippen LogP contribution in [0.25, 0.3) is 10.9 Å². The van der Waals surface area contributed by atoms with Crippen LogP contribution in [-0.4, -0.2) is 69.0 Å². The van der Waals surface area contributed by atoms with Crippen LogP contribution in [0.3, 0.4) is 0 Å². The molecule has 6 rings (SSSR count). The van der Waals surface area contributed by atoms with E-state index in [1.54, 1.807) is 10.7 Å². The summed E-state index contributed by atoms with van der Waals surface area (Å²) in [6.45, 7) is 7.81. The van der Waals surface area contributed by atoms with Crippen LogP contribution in [0.2, 0.25) is 0 Å². The van der Waals surface area contributed by atoms with Crippen molar-refractivity contribution < 1.29 is 9.13 Å². The Bertz CT molecular complexity index is 1500. The van der Waals surface area contributed by atoms with Gasteiger partial charge in [-0.15, -0.1) is 5.10 Å². The molecule has 2 aromatic heterocycles. The third-order valence-corrected chi connectivity index (χ3v) is 7.84. The Morgan fingerprint density at radius 1 is 1.11 bits per heavy atom. The Kier molecular flexibility index (Phi) is 6.67. The van der Waals surface area contributed by atoms with Crippen LogP contribution >= 0.6 is 0 Å². The van der Waals surface area contributed by atoms with Gasteiger partial charge >= 0.3 is 0 Å². The van der Waals surface area contributed by atoms with Crippen molar-refractivity contribution in [2.75, 3.05) is 37.7 Å². The van der Waals surface area contributed by atoms with Crippen LogP contribution in [0, 0.1) is 19.7 Å². The van der Waals surface area contributed by atoms with E-state index in [0.29, 0.717) is 49.8 Å². The molecule has 10 heteroatoms. The quantitative estimate of drug-likeness (QED) is 0.419. The van der Waals surface area contributed by atoms with Crippen molar-refractivity contribution in [2.45, 2.75) is 45.4 Å². The van der Waals surface area contributed by atoms with E-state index >= 15 is 0 Å². The number of H-pyrrole nitrogens is 1. The van der Waals surface area contributed by atoms with Crippen LogP contribution in [0.5, 0.6) is 0 Å². The number of hydrogen-bond donors (Lipinski definition) is 1. The van der Waals surface area contributed by atoms with Crippen LogP contribution in [0.1, 0.15) is 41.4 Å². The summed E-state index contributed by atoms with van der Waals surface area (Å²) in [6.07, 6.45) is 2.03. The molecular formula is C28H32FN7O2. The van der Waals surface area contributed by atoms with E-state index in [1.165, 1.54) is 6.07 Å². The lowest BCUT2D eigenvalue weighted by Gasteiger charge is -2.39. The molecule has 198 valence electrons. The summed E-state index contributed by atoms with van der Waals surface area (Å²) in [7, 11) is 0. The van der Waals surface area contributed by atoms with E-state index in [9.17, 15) is 9.18 Å². The minimum atomic E-state index is -0.456. The predicted octanol–water partition coefficient (Wildman–Crippen LogP) is 3.36. The van der Waals surface area contributed by atoms with Gasteiger partial charge in [0.05, 0.1) is 23.9 Å². The summed E-state index contributed by atoms with van der Waals surface area (Å²) >= 11 is 0. The number of anilines is 1. The monoisotopic (exact) mass is 517 g/mol. The Labute approximate surface area is 220 Å². The number of aromatic amines is 1. The Morgan fingerprint density at radius 3 is 2.66 bits per heavy atom. The second-order valence-corrected chi connectivity index (χ2v) is 10.3. The molecule has 4 aromatic rings. The van der Waals surface area contributed by atoms with Gasteiger partial charge in [0.15, 0.2) is 5.82 Å². The third-order valence-electron chi connectivity index (χ3n) is 7.84. The van der Waals surface area contributed by atoms with E-state index in [2.05, 4.69) is 36.4 Å². The van der Waals surface area contributed by atoms with Crippen molar-refractivity contribution in [3.8, 4) is 0 Å². The largest absolute Gasteiger partial charge is 0.376 e. The number of tetrazole rings is 1. The van der Waals surface area contributed by atoms with Gasteiger partial charge in [-0.2, -0.15) is 0 Å². The van der Waals surface area contributed by atoms with Gasteiger partial charge in [0.1, 0.15) is 11.9 Å². The van der Waals surface area contributed by atoms with Crippen molar-refractivity contribution in [3.05, 3.63) is 81.2 Å². The highest BCUT2D eigenvalue weighted by molar-refractivity contribution is 5.85. The van der Waals surface area contributed by atoms with Gasteiger partial charge in [-0.1, -0.05) is 24.3 Å². The zero-order valence-electron chi connectivity index (χ0n) is 21.7.